The number of likely N-dealkylation sites (N-methyl/N-ethyl adjacent to an activating group) is 1. The van der Waals surface area contributed by atoms with Gasteiger partial charge in [-0.3, -0.25) is 4.79 Å². The molecule has 0 aromatic heterocycles. The molecule has 3 N–H and O–H groups in total. The molecule has 1 aromatic rings. The Morgan fingerprint density at radius 1 is 1.20 bits per heavy atom. The van der Waals surface area contributed by atoms with Crippen molar-refractivity contribution in [1.29, 1.82) is 0 Å². The summed E-state index contributed by atoms with van der Waals surface area (Å²) in [5, 5.41) is 9.22. The second-order valence-electron chi connectivity index (χ2n) is 5.69. The SMILES string of the molecule is CCNC(=NCC(=O)Nc1ccccc1)NCCN(C)CCCOC. The molecule has 0 bridgehead atoms. The molecule has 0 heterocycles. The van der Waals surface area contributed by atoms with Gasteiger partial charge in [0.25, 0.3) is 0 Å². The van der Waals surface area contributed by atoms with Crippen LogP contribution in [-0.4, -0.2) is 70.3 Å². The lowest BCUT2D eigenvalue weighted by atomic mass is 10.3. The first-order valence-electron chi connectivity index (χ1n) is 8.70. The van der Waals surface area contributed by atoms with E-state index < -0.39 is 0 Å². The van der Waals surface area contributed by atoms with Gasteiger partial charge >= 0.3 is 0 Å². The molecule has 0 unspecified atom stereocenters. The molecule has 7 heteroatoms. The largest absolute Gasteiger partial charge is 0.385 e. The van der Waals surface area contributed by atoms with Gasteiger partial charge < -0.3 is 25.6 Å². The average Bonchev–Trinajstić information content (AvgIpc) is 2.61. The molecule has 25 heavy (non-hydrogen) atoms. The van der Waals surface area contributed by atoms with Gasteiger partial charge in [0, 0.05) is 45.6 Å². The highest BCUT2D eigenvalue weighted by Crippen LogP contribution is 2.04. The fourth-order valence-electron chi connectivity index (χ4n) is 2.17. The van der Waals surface area contributed by atoms with E-state index in [0.717, 1.165) is 44.9 Å². The van der Waals surface area contributed by atoms with Gasteiger partial charge in [-0.2, -0.15) is 0 Å². The van der Waals surface area contributed by atoms with Crippen molar-refractivity contribution in [3.8, 4) is 0 Å². The van der Waals surface area contributed by atoms with Crippen LogP contribution < -0.4 is 16.0 Å². The van der Waals surface area contributed by atoms with Crippen molar-refractivity contribution in [2.24, 2.45) is 4.99 Å². The van der Waals surface area contributed by atoms with Crippen LogP contribution >= 0.6 is 0 Å². The number of hydrogen-bond acceptors (Lipinski definition) is 4. The lowest BCUT2D eigenvalue weighted by Crippen LogP contribution is -2.41. The van der Waals surface area contributed by atoms with Crippen LogP contribution in [0, 0.1) is 0 Å². The molecule has 0 saturated carbocycles. The lowest BCUT2D eigenvalue weighted by Gasteiger charge is -2.18. The molecule has 1 rings (SSSR count). The number of nitrogens with zero attached hydrogens (tertiary/aromatic N) is 2. The molecular weight excluding hydrogens is 318 g/mol. The molecular formula is C18H31N5O2. The van der Waals surface area contributed by atoms with Crippen molar-refractivity contribution in [3.63, 3.8) is 0 Å². The van der Waals surface area contributed by atoms with Gasteiger partial charge in [0.15, 0.2) is 5.96 Å². The zero-order valence-electron chi connectivity index (χ0n) is 15.5. The van der Waals surface area contributed by atoms with E-state index in [1.54, 1.807) is 7.11 Å². The smallest absolute Gasteiger partial charge is 0.246 e. The fraction of sp³-hybridized carbons (Fsp3) is 0.556. The van der Waals surface area contributed by atoms with E-state index in [-0.39, 0.29) is 12.5 Å². The number of carbonyl (C=O) groups excluding carboxylic acids is 1. The number of carbonyl (C=O) groups is 1. The summed E-state index contributed by atoms with van der Waals surface area (Å²) < 4.78 is 5.05. The molecule has 0 aliphatic rings. The van der Waals surface area contributed by atoms with Crippen molar-refractivity contribution in [1.82, 2.24) is 15.5 Å². The minimum absolute atomic E-state index is 0.0773. The quantitative estimate of drug-likeness (QED) is 0.317. The third kappa shape index (κ3) is 10.4. The monoisotopic (exact) mass is 349 g/mol. The first kappa shape index (κ1) is 20.9. The van der Waals surface area contributed by atoms with Gasteiger partial charge in [0.1, 0.15) is 6.54 Å². The molecule has 1 amide bonds. The minimum Gasteiger partial charge on any atom is -0.385 e. The van der Waals surface area contributed by atoms with E-state index in [4.69, 9.17) is 4.74 Å². The van der Waals surface area contributed by atoms with Gasteiger partial charge in [-0.25, -0.2) is 4.99 Å². The Balaban J connectivity index is 2.34. The number of rotatable bonds is 11. The second-order valence-corrected chi connectivity index (χ2v) is 5.69. The Labute approximate surface area is 150 Å². The summed E-state index contributed by atoms with van der Waals surface area (Å²) in [5.41, 5.74) is 0.776. The highest BCUT2D eigenvalue weighted by Gasteiger charge is 2.03. The van der Waals surface area contributed by atoms with Crippen LogP contribution in [0.2, 0.25) is 0 Å². The highest BCUT2D eigenvalue weighted by atomic mass is 16.5. The zero-order valence-corrected chi connectivity index (χ0v) is 15.5. The molecule has 0 spiro atoms. The molecule has 140 valence electrons. The Kier molecular flexibility index (Phi) is 11.0. The molecule has 0 aliphatic heterocycles. The topological polar surface area (TPSA) is 78.0 Å². The maximum atomic E-state index is 12.0. The van der Waals surface area contributed by atoms with Crippen LogP contribution in [0.25, 0.3) is 0 Å². The Morgan fingerprint density at radius 2 is 1.96 bits per heavy atom. The number of guanidine groups is 1. The van der Waals surface area contributed by atoms with Gasteiger partial charge in [0.2, 0.25) is 5.91 Å². The average molecular weight is 349 g/mol. The number of methoxy groups -OCH3 is 1. The third-order valence-electron chi connectivity index (χ3n) is 3.46. The predicted octanol–water partition coefficient (Wildman–Crippen LogP) is 1.15. The number of benzene rings is 1. The molecule has 0 aliphatic carbocycles. The zero-order chi connectivity index (χ0) is 18.3. The van der Waals surface area contributed by atoms with Crippen LogP contribution in [0.15, 0.2) is 35.3 Å². The van der Waals surface area contributed by atoms with Crippen molar-refractivity contribution < 1.29 is 9.53 Å². The Morgan fingerprint density at radius 3 is 2.64 bits per heavy atom. The first-order valence-corrected chi connectivity index (χ1v) is 8.70. The summed E-state index contributed by atoms with van der Waals surface area (Å²) in [7, 11) is 3.80. The van der Waals surface area contributed by atoms with Crippen LogP contribution in [0.3, 0.4) is 0 Å². The van der Waals surface area contributed by atoms with Crippen LogP contribution in [-0.2, 0) is 9.53 Å². The number of ether oxygens (including phenoxy) is 1. The number of nitrogens with one attached hydrogen (secondary N) is 3. The van der Waals surface area contributed by atoms with E-state index in [0.29, 0.717) is 5.96 Å². The van der Waals surface area contributed by atoms with E-state index in [1.807, 2.05) is 37.3 Å². The van der Waals surface area contributed by atoms with Crippen molar-refractivity contribution in [2.75, 3.05) is 58.8 Å². The van der Waals surface area contributed by atoms with Gasteiger partial charge in [-0.1, -0.05) is 18.2 Å². The van der Waals surface area contributed by atoms with E-state index in [9.17, 15) is 4.79 Å². The van der Waals surface area contributed by atoms with Crippen LogP contribution in [0.1, 0.15) is 13.3 Å². The molecule has 0 atom stereocenters. The van der Waals surface area contributed by atoms with E-state index >= 15 is 0 Å². The molecule has 1 aromatic carbocycles. The van der Waals surface area contributed by atoms with Crippen LogP contribution in [0.4, 0.5) is 5.69 Å². The van der Waals surface area contributed by atoms with Gasteiger partial charge in [-0.15, -0.1) is 0 Å². The van der Waals surface area contributed by atoms with E-state index in [2.05, 4.69) is 32.9 Å². The van der Waals surface area contributed by atoms with E-state index in [1.165, 1.54) is 0 Å². The molecule has 0 saturated heterocycles. The second kappa shape index (κ2) is 13.2. The minimum atomic E-state index is -0.139. The maximum absolute atomic E-state index is 12.0. The number of amides is 1. The van der Waals surface area contributed by atoms with Gasteiger partial charge in [0.05, 0.1) is 0 Å². The molecule has 0 fully saturated rings. The standard InChI is InChI=1S/C18H31N5O2/c1-4-19-18(20-11-13-23(2)12-8-14-25-3)21-15-17(24)22-16-9-6-5-7-10-16/h5-7,9-10H,4,8,11-15H2,1-3H3,(H,22,24)(H2,19,20,21). The number of hydrogen-bond donors (Lipinski definition) is 3. The highest BCUT2D eigenvalue weighted by molar-refractivity contribution is 5.94. The summed E-state index contributed by atoms with van der Waals surface area (Å²) in [5.74, 6) is 0.510. The summed E-state index contributed by atoms with van der Waals surface area (Å²) in [6.07, 6.45) is 1.01. The normalized spacial score (nSPS) is 11.4. The van der Waals surface area contributed by atoms with Gasteiger partial charge in [-0.05, 0) is 32.5 Å². The van der Waals surface area contributed by atoms with Crippen LogP contribution in [0.5, 0.6) is 0 Å². The fourth-order valence-corrected chi connectivity index (χ4v) is 2.17. The molecule has 7 nitrogen and oxygen atoms in total. The Hall–Kier alpha value is -2.12. The summed E-state index contributed by atoms with van der Waals surface area (Å²) >= 11 is 0. The van der Waals surface area contributed by atoms with Crippen molar-refractivity contribution in [2.45, 2.75) is 13.3 Å². The number of aliphatic imine (C=N–C) groups is 1. The first-order chi connectivity index (χ1) is 12.2. The lowest BCUT2D eigenvalue weighted by molar-refractivity contribution is -0.114. The predicted molar refractivity (Wildman–Crippen MR) is 103 cm³/mol. The number of anilines is 1. The maximum Gasteiger partial charge on any atom is 0.246 e. The van der Waals surface area contributed by atoms with Crippen molar-refractivity contribution in [3.05, 3.63) is 30.3 Å². The van der Waals surface area contributed by atoms with Crippen molar-refractivity contribution >= 4 is 17.6 Å². The number of para-hydroxylation sites is 1. The Bertz CT molecular complexity index is 507. The molecule has 0 radical (unpaired) electrons. The summed E-state index contributed by atoms with van der Waals surface area (Å²) in [6, 6.07) is 9.38. The summed E-state index contributed by atoms with van der Waals surface area (Å²) in [4.78, 5) is 18.5. The third-order valence-corrected chi connectivity index (χ3v) is 3.46. The summed E-state index contributed by atoms with van der Waals surface area (Å²) in [6.45, 7) is 6.24.